The average Bonchev–Trinajstić information content (AvgIpc) is 2.96. The molecule has 2 rings (SSSR count). The van der Waals surface area contributed by atoms with Gasteiger partial charge in [0.05, 0.1) is 12.0 Å². The van der Waals surface area contributed by atoms with Crippen LogP contribution in [0.5, 0.6) is 5.75 Å². The van der Waals surface area contributed by atoms with Crippen LogP contribution in [0.25, 0.3) is 0 Å². The monoisotopic (exact) mass is 314 g/mol. The largest absolute Gasteiger partial charge is 0.435 e. The third-order valence-electron chi connectivity index (χ3n) is 3.75. The summed E-state index contributed by atoms with van der Waals surface area (Å²) < 4.78 is 33.6. The number of benzene rings is 1. The predicted octanol–water partition coefficient (Wildman–Crippen LogP) is 1.53. The maximum absolute atomic E-state index is 12.4. The van der Waals surface area contributed by atoms with Gasteiger partial charge in [-0.05, 0) is 30.7 Å². The molecule has 0 spiro atoms. The molecule has 0 aromatic heterocycles. The van der Waals surface area contributed by atoms with E-state index in [0.29, 0.717) is 19.7 Å². The zero-order valence-corrected chi connectivity index (χ0v) is 12.4. The molecular formula is C15H20F2N2O3. The second-order valence-corrected chi connectivity index (χ2v) is 5.35. The number of rotatable bonds is 7. The van der Waals surface area contributed by atoms with E-state index in [1.54, 1.807) is 19.2 Å². The predicted molar refractivity (Wildman–Crippen MR) is 76.7 cm³/mol. The molecule has 1 aromatic rings. The van der Waals surface area contributed by atoms with Crippen LogP contribution >= 0.6 is 0 Å². The highest BCUT2D eigenvalue weighted by Crippen LogP contribution is 2.26. The molecule has 1 aliphatic heterocycles. The molecule has 0 saturated carbocycles. The number of hydrogen-bond donors (Lipinski definition) is 2. The molecule has 1 fully saturated rings. The normalized spacial score (nSPS) is 21.1. The van der Waals surface area contributed by atoms with Crippen molar-refractivity contribution in [1.29, 1.82) is 0 Å². The van der Waals surface area contributed by atoms with Crippen LogP contribution in [0.15, 0.2) is 24.3 Å². The van der Waals surface area contributed by atoms with Crippen molar-refractivity contribution in [3.8, 4) is 5.75 Å². The first-order chi connectivity index (χ1) is 10.6. The Hall–Kier alpha value is -1.73. The molecular weight excluding hydrogens is 294 g/mol. The Labute approximate surface area is 128 Å². The van der Waals surface area contributed by atoms with Crippen LogP contribution in [0, 0.1) is 5.41 Å². The number of ether oxygens (including phenoxy) is 2. The molecule has 22 heavy (non-hydrogen) atoms. The van der Waals surface area contributed by atoms with Gasteiger partial charge in [0, 0.05) is 20.2 Å². The molecule has 7 heteroatoms. The molecule has 1 amide bonds. The molecule has 1 aromatic carbocycles. The van der Waals surface area contributed by atoms with Crippen LogP contribution in [-0.2, 0) is 16.1 Å². The van der Waals surface area contributed by atoms with Crippen molar-refractivity contribution >= 4 is 5.91 Å². The fourth-order valence-corrected chi connectivity index (χ4v) is 2.56. The van der Waals surface area contributed by atoms with Crippen molar-refractivity contribution in [2.24, 2.45) is 5.41 Å². The number of methoxy groups -OCH3 is 1. The molecule has 0 radical (unpaired) electrons. The lowest BCUT2D eigenvalue weighted by atomic mass is 9.87. The molecule has 1 atom stereocenters. The third kappa shape index (κ3) is 4.14. The lowest BCUT2D eigenvalue weighted by Crippen LogP contribution is -2.45. The number of carbonyl (C=O) groups excluding carboxylic acids is 1. The molecule has 2 N–H and O–H groups in total. The fourth-order valence-electron chi connectivity index (χ4n) is 2.56. The number of alkyl halides is 2. The molecule has 1 heterocycles. The average molecular weight is 314 g/mol. The number of carbonyl (C=O) groups is 1. The van der Waals surface area contributed by atoms with Gasteiger partial charge in [0.15, 0.2) is 0 Å². The Bertz CT molecular complexity index is 488. The van der Waals surface area contributed by atoms with Crippen molar-refractivity contribution in [3.63, 3.8) is 0 Å². The highest BCUT2D eigenvalue weighted by Gasteiger charge is 2.41. The first-order valence-electron chi connectivity index (χ1n) is 7.07. The Balaban J connectivity index is 1.90. The lowest BCUT2D eigenvalue weighted by Gasteiger charge is -2.26. The van der Waals surface area contributed by atoms with E-state index in [4.69, 9.17) is 4.74 Å². The summed E-state index contributed by atoms with van der Waals surface area (Å²) in [6, 6.07) is 6.20. The Kier molecular flexibility index (Phi) is 5.68. The fraction of sp³-hybridized carbons (Fsp3) is 0.533. The number of halogens is 2. The smallest absolute Gasteiger partial charge is 0.387 e. The summed E-state index contributed by atoms with van der Waals surface area (Å²) >= 11 is 0. The van der Waals surface area contributed by atoms with Gasteiger partial charge in [-0.2, -0.15) is 8.78 Å². The summed E-state index contributed by atoms with van der Waals surface area (Å²) in [7, 11) is 1.58. The van der Waals surface area contributed by atoms with Gasteiger partial charge < -0.3 is 20.1 Å². The van der Waals surface area contributed by atoms with Crippen molar-refractivity contribution in [2.75, 3.05) is 26.8 Å². The minimum atomic E-state index is -2.84. The Morgan fingerprint density at radius 2 is 2.14 bits per heavy atom. The van der Waals surface area contributed by atoms with Crippen molar-refractivity contribution in [2.45, 2.75) is 19.6 Å². The van der Waals surface area contributed by atoms with Crippen LogP contribution in [0.1, 0.15) is 12.0 Å². The quantitative estimate of drug-likeness (QED) is 0.801. The molecule has 1 aliphatic rings. The number of nitrogens with one attached hydrogen (secondary N) is 2. The molecule has 5 nitrogen and oxygen atoms in total. The van der Waals surface area contributed by atoms with Crippen LogP contribution in [0.4, 0.5) is 8.78 Å². The van der Waals surface area contributed by atoms with Crippen LogP contribution in [0.3, 0.4) is 0 Å². The third-order valence-corrected chi connectivity index (χ3v) is 3.75. The van der Waals surface area contributed by atoms with Gasteiger partial charge >= 0.3 is 6.61 Å². The van der Waals surface area contributed by atoms with Gasteiger partial charge in [-0.1, -0.05) is 12.1 Å². The lowest BCUT2D eigenvalue weighted by molar-refractivity contribution is -0.133. The SMILES string of the molecule is COCC1(C(=O)NCc2ccc(OC(F)F)cc2)CCNC1. The summed E-state index contributed by atoms with van der Waals surface area (Å²) in [6.07, 6.45) is 0.730. The summed E-state index contributed by atoms with van der Waals surface area (Å²) in [5.74, 6) is 0.0354. The maximum atomic E-state index is 12.4. The highest BCUT2D eigenvalue weighted by atomic mass is 19.3. The maximum Gasteiger partial charge on any atom is 0.387 e. The second-order valence-electron chi connectivity index (χ2n) is 5.35. The standard InChI is InChI=1S/C15H20F2N2O3/c1-21-10-15(6-7-18-9-15)13(20)19-8-11-2-4-12(5-3-11)22-14(16)17/h2-5,14,18H,6-10H2,1H3,(H,19,20). The van der Waals surface area contributed by atoms with Gasteiger partial charge in [-0.25, -0.2) is 0 Å². The molecule has 1 saturated heterocycles. The van der Waals surface area contributed by atoms with Crippen LogP contribution in [-0.4, -0.2) is 39.3 Å². The molecule has 1 unspecified atom stereocenters. The van der Waals surface area contributed by atoms with Crippen LogP contribution in [0.2, 0.25) is 0 Å². The van der Waals surface area contributed by atoms with E-state index in [0.717, 1.165) is 18.5 Å². The van der Waals surface area contributed by atoms with E-state index in [1.807, 2.05) is 0 Å². The Morgan fingerprint density at radius 3 is 2.68 bits per heavy atom. The van der Waals surface area contributed by atoms with E-state index in [-0.39, 0.29) is 11.7 Å². The summed E-state index contributed by atoms with van der Waals surface area (Å²) in [4.78, 5) is 12.4. The number of amides is 1. The summed E-state index contributed by atoms with van der Waals surface area (Å²) in [5.41, 5.74) is 0.279. The van der Waals surface area contributed by atoms with Gasteiger partial charge in [0.25, 0.3) is 0 Å². The summed E-state index contributed by atoms with van der Waals surface area (Å²) in [6.45, 7) is -0.759. The molecule has 0 aliphatic carbocycles. The van der Waals surface area contributed by atoms with Gasteiger partial charge in [0.2, 0.25) is 5.91 Å². The molecule has 0 bridgehead atoms. The minimum absolute atomic E-state index is 0.0627. The Morgan fingerprint density at radius 1 is 1.41 bits per heavy atom. The minimum Gasteiger partial charge on any atom is -0.435 e. The van der Waals surface area contributed by atoms with Crippen molar-refractivity contribution in [1.82, 2.24) is 10.6 Å². The second kappa shape index (κ2) is 7.51. The van der Waals surface area contributed by atoms with E-state index in [2.05, 4.69) is 15.4 Å². The van der Waals surface area contributed by atoms with E-state index in [9.17, 15) is 13.6 Å². The van der Waals surface area contributed by atoms with Gasteiger partial charge in [0.1, 0.15) is 5.75 Å². The van der Waals surface area contributed by atoms with E-state index in [1.165, 1.54) is 12.1 Å². The van der Waals surface area contributed by atoms with E-state index < -0.39 is 12.0 Å². The van der Waals surface area contributed by atoms with Crippen molar-refractivity contribution in [3.05, 3.63) is 29.8 Å². The van der Waals surface area contributed by atoms with Crippen LogP contribution < -0.4 is 15.4 Å². The zero-order chi connectivity index (χ0) is 16.0. The highest BCUT2D eigenvalue weighted by molar-refractivity contribution is 5.83. The zero-order valence-electron chi connectivity index (χ0n) is 12.4. The van der Waals surface area contributed by atoms with Crippen molar-refractivity contribution < 1.29 is 23.0 Å². The number of hydrogen-bond acceptors (Lipinski definition) is 4. The first-order valence-corrected chi connectivity index (χ1v) is 7.07. The van der Waals surface area contributed by atoms with E-state index >= 15 is 0 Å². The topological polar surface area (TPSA) is 59.6 Å². The van der Waals surface area contributed by atoms with Gasteiger partial charge in [-0.3, -0.25) is 4.79 Å². The molecule has 122 valence electrons. The first kappa shape index (κ1) is 16.6. The van der Waals surface area contributed by atoms with Gasteiger partial charge in [-0.15, -0.1) is 0 Å². The summed E-state index contributed by atoms with van der Waals surface area (Å²) in [5, 5.41) is 6.05.